The maximum atomic E-state index is 13.3. The van der Waals surface area contributed by atoms with Gasteiger partial charge in [0.1, 0.15) is 31.6 Å². The minimum Gasteiger partial charge on any atom is -0.388 e. The summed E-state index contributed by atoms with van der Waals surface area (Å²) in [5.74, 6) is -0.211. The molecule has 2 N–H and O–H groups in total. The molecule has 2 atom stereocenters. The van der Waals surface area contributed by atoms with Gasteiger partial charge in [-0.3, -0.25) is 0 Å². The lowest BCUT2D eigenvalue weighted by molar-refractivity contribution is -0.917. The Hall–Kier alpha value is -1.69. The molecule has 5 heteroatoms. The zero-order valence-corrected chi connectivity index (χ0v) is 13.8. The van der Waals surface area contributed by atoms with Gasteiger partial charge in [0.25, 0.3) is 0 Å². The number of nitrogens with zero attached hydrogens (tertiary/aromatic N) is 1. The Balaban J connectivity index is 2.06. The summed E-state index contributed by atoms with van der Waals surface area (Å²) in [5.41, 5.74) is 2.11. The molecule has 0 aliphatic heterocycles. The predicted molar refractivity (Wildman–Crippen MR) is 87.9 cm³/mol. The quantitative estimate of drug-likeness (QED) is 0.726. The van der Waals surface area contributed by atoms with E-state index in [4.69, 9.17) is 4.74 Å². The standard InChI is InChI=1S/C18H25FN2O2/c1-15(22)12-20(9-10-23-2)14-18-7-4-8-21(18)13-16-5-3-6-17(19)11-16/h3-8,11,15,22H,9-10,12-14H2,1-2H3/p+1/t15-/m0/s1. The molecule has 23 heavy (non-hydrogen) atoms. The molecule has 0 saturated heterocycles. The predicted octanol–water partition coefficient (Wildman–Crippen LogP) is 1.09. The van der Waals surface area contributed by atoms with Gasteiger partial charge in [0.2, 0.25) is 0 Å². The fourth-order valence-corrected chi connectivity index (χ4v) is 2.78. The maximum Gasteiger partial charge on any atom is 0.123 e. The summed E-state index contributed by atoms with van der Waals surface area (Å²) in [6.07, 6.45) is 1.66. The highest BCUT2D eigenvalue weighted by atomic mass is 19.1. The molecule has 0 spiro atoms. The third-order valence-electron chi connectivity index (χ3n) is 3.84. The number of ether oxygens (including phenoxy) is 1. The summed E-state index contributed by atoms with van der Waals surface area (Å²) in [5, 5.41) is 9.68. The summed E-state index contributed by atoms with van der Waals surface area (Å²) >= 11 is 0. The normalized spacial score (nSPS) is 13.9. The molecule has 2 rings (SSSR count). The van der Waals surface area contributed by atoms with Crippen molar-refractivity contribution in [3.05, 3.63) is 59.7 Å². The first-order chi connectivity index (χ1) is 11.1. The molecular formula is C18H26FN2O2+. The van der Waals surface area contributed by atoms with E-state index in [-0.39, 0.29) is 11.9 Å². The van der Waals surface area contributed by atoms with Crippen molar-refractivity contribution in [2.24, 2.45) is 0 Å². The van der Waals surface area contributed by atoms with E-state index in [0.717, 1.165) is 18.7 Å². The molecule has 0 aliphatic carbocycles. The fraction of sp³-hybridized carbons (Fsp3) is 0.444. The molecule has 0 bridgehead atoms. The van der Waals surface area contributed by atoms with Gasteiger partial charge in [0.15, 0.2) is 0 Å². The van der Waals surface area contributed by atoms with Crippen LogP contribution >= 0.6 is 0 Å². The summed E-state index contributed by atoms with van der Waals surface area (Å²) in [6.45, 7) is 5.43. The first-order valence-corrected chi connectivity index (χ1v) is 7.97. The number of hydrogen-bond acceptors (Lipinski definition) is 2. The van der Waals surface area contributed by atoms with Crippen LogP contribution in [0.1, 0.15) is 18.2 Å². The number of benzene rings is 1. The van der Waals surface area contributed by atoms with Gasteiger partial charge in [-0.2, -0.15) is 0 Å². The molecule has 0 saturated carbocycles. The van der Waals surface area contributed by atoms with E-state index < -0.39 is 0 Å². The van der Waals surface area contributed by atoms with Gasteiger partial charge in [-0.05, 0) is 36.8 Å². The lowest BCUT2D eigenvalue weighted by Crippen LogP contribution is -3.12. The van der Waals surface area contributed by atoms with Gasteiger partial charge in [-0.15, -0.1) is 0 Å². The molecule has 0 radical (unpaired) electrons. The third-order valence-corrected chi connectivity index (χ3v) is 3.84. The van der Waals surface area contributed by atoms with Crippen LogP contribution in [0.3, 0.4) is 0 Å². The molecule has 1 aromatic heterocycles. The molecular weight excluding hydrogens is 295 g/mol. The van der Waals surface area contributed by atoms with Gasteiger partial charge in [0.05, 0.1) is 12.3 Å². The van der Waals surface area contributed by atoms with Crippen LogP contribution in [0.2, 0.25) is 0 Å². The Morgan fingerprint density at radius 3 is 2.83 bits per heavy atom. The molecule has 0 aliphatic rings. The number of methoxy groups -OCH3 is 1. The van der Waals surface area contributed by atoms with Crippen molar-refractivity contribution in [1.82, 2.24) is 4.57 Å². The Kier molecular flexibility index (Phi) is 6.77. The fourth-order valence-electron chi connectivity index (χ4n) is 2.78. The van der Waals surface area contributed by atoms with E-state index in [1.54, 1.807) is 26.2 Å². The number of nitrogens with one attached hydrogen (secondary N) is 1. The van der Waals surface area contributed by atoms with Crippen molar-refractivity contribution in [2.75, 3.05) is 26.8 Å². The number of aromatic nitrogens is 1. The largest absolute Gasteiger partial charge is 0.388 e. The molecule has 4 nitrogen and oxygen atoms in total. The van der Waals surface area contributed by atoms with Crippen LogP contribution < -0.4 is 4.90 Å². The molecule has 1 unspecified atom stereocenters. The summed E-state index contributed by atoms with van der Waals surface area (Å²) < 4.78 is 20.6. The molecule has 126 valence electrons. The smallest absolute Gasteiger partial charge is 0.123 e. The Morgan fingerprint density at radius 1 is 1.30 bits per heavy atom. The number of rotatable bonds is 9. The Morgan fingerprint density at radius 2 is 2.13 bits per heavy atom. The van der Waals surface area contributed by atoms with Crippen molar-refractivity contribution in [2.45, 2.75) is 26.1 Å². The Bertz CT molecular complexity index is 598. The highest BCUT2D eigenvalue weighted by Gasteiger charge is 2.15. The molecule has 0 fully saturated rings. The van der Waals surface area contributed by atoms with E-state index in [0.29, 0.717) is 19.7 Å². The van der Waals surface area contributed by atoms with E-state index in [2.05, 4.69) is 10.6 Å². The lowest BCUT2D eigenvalue weighted by atomic mass is 10.2. The molecule has 1 heterocycles. The van der Waals surface area contributed by atoms with Gasteiger partial charge in [0, 0.05) is 19.9 Å². The SMILES string of the molecule is COCC[NH+](Cc1cccn1Cc1cccc(F)c1)C[C@H](C)O. The van der Waals surface area contributed by atoms with Crippen molar-refractivity contribution in [1.29, 1.82) is 0 Å². The first kappa shape index (κ1) is 17.7. The van der Waals surface area contributed by atoms with Gasteiger partial charge < -0.3 is 19.3 Å². The van der Waals surface area contributed by atoms with Crippen LogP contribution in [-0.4, -0.2) is 42.6 Å². The second-order valence-electron chi connectivity index (χ2n) is 5.98. The highest BCUT2D eigenvalue weighted by molar-refractivity contribution is 5.18. The van der Waals surface area contributed by atoms with Gasteiger partial charge in [-0.25, -0.2) is 4.39 Å². The third kappa shape index (κ3) is 5.78. The summed E-state index contributed by atoms with van der Waals surface area (Å²) in [7, 11) is 1.69. The second kappa shape index (κ2) is 8.82. The minimum absolute atomic E-state index is 0.211. The topological polar surface area (TPSA) is 38.8 Å². The van der Waals surface area contributed by atoms with Crippen LogP contribution in [0, 0.1) is 5.82 Å². The monoisotopic (exact) mass is 321 g/mol. The minimum atomic E-state index is -0.353. The summed E-state index contributed by atoms with van der Waals surface area (Å²) in [6, 6.07) is 10.8. The zero-order valence-electron chi connectivity index (χ0n) is 13.8. The number of hydrogen-bond donors (Lipinski definition) is 2. The Labute approximate surface area is 137 Å². The highest BCUT2D eigenvalue weighted by Crippen LogP contribution is 2.09. The van der Waals surface area contributed by atoms with Gasteiger partial charge >= 0.3 is 0 Å². The average Bonchev–Trinajstić information content (AvgIpc) is 2.91. The number of aliphatic hydroxyl groups is 1. The van der Waals surface area contributed by atoms with Crippen LogP contribution in [0.5, 0.6) is 0 Å². The van der Waals surface area contributed by atoms with E-state index >= 15 is 0 Å². The summed E-state index contributed by atoms with van der Waals surface area (Å²) in [4.78, 5) is 1.26. The van der Waals surface area contributed by atoms with Crippen LogP contribution in [0.25, 0.3) is 0 Å². The van der Waals surface area contributed by atoms with Crippen molar-refractivity contribution >= 4 is 0 Å². The first-order valence-electron chi connectivity index (χ1n) is 7.97. The molecule has 0 amide bonds. The number of quaternary nitrogens is 1. The molecule has 1 aromatic carbocycles. The van der Waals surface area contributed by atoms with Gasteiger partial charge in [-0.1, -0.05) is 12.1 Å². The van der Waals surface area contributed by atoms with Crippen molar-refractivity contribution < 1.29 is 19.1 Å². The van der Waals surface area contributed by atoms with E-state index in [1.807, 2.05) is 18.3 Å². The number of aliphatic hydroxyl groups excluding tert-OH is 1. The zero-order chi connectivity index (χ0) is 16.7. The van der Waals surface area contributed by atoms with Crippen molar-refractivity contribution in [3.8, 4) is 0 Å². The van der Waals surface area contributed by atoms with Crippen molar-refractivity contribution in [3.63, 3.8) is 0 Å². The second-order valence-corrected chi connectivity index (χ2v) is 5.98. The van der Waals surface area contributed by atoms with Crippen LogP contribution in [-0.2, 0) is 17.8 Å². The maximum absolute atomic E-state index is 13.3. The van der Waals surface area contributed by atoms with E-state index in [9.17, 15) is 9.50 Å². The lowest BCUT2D eigenvalue weighted by Gasteiger charge is -2.21. The van der Waals surface area contributed by atoms with Crippen LogP contribution in [0.15, 0.2) is 42.6 Å². The van der Waals surface area contributed by atoms with E-state index in [1.165, 1.54) is 16.7 Å². The average molecular weight is 321 g/mol. The number of halogens is 1. The molecule has 2 aromatic rings. The van der Waals surface area contributed by atoms with Crippen LogP contribution in [0.4, 0.5) is 4.39 Å².